The molecular weight excluding hydrogens is 230 g/mol. The van der Waals surface area contributed by atoms with E-state index in [1.165, 1.54) is 43.2 Å². The van der Waals surface area contributed by atoms with E-state index in [-0.39, 0.29) is 0 Å². The van der Waals surface area contributed by atoms with E-state index >= 15 is 0 Å². The maximum Gasteiger partial charge on any atom is 0.0136 e. The molecule has 1 fully saturated rings. The molecule has 0 spiro atoms. The van der Waals surface area contributed by atoms with Gasteiger partial charge in [0.2, 0.25) is 0 Å². The van der Waals surface area contributed by atoms with Crippen LogP contribution in [0.4, 0.5) is 0 Å². The van der Waals surface area contributed by atoms with Crippen LogP contribution >= 0.6 is 0 Å². The van der Waals surface area contributed by atoms with Crippen LogP contribution in [0.3, 0.4) is 0 Å². The second kappa shape index (κ2) is 7.09. The molecule has 0 heterocycles. The number of hydrogen-bond donors (Lipinski definition) is 1. The fourth-order valence-corrected chi connectivity index (χ4v) is 3.43. The Morgan fingerprint density at radius 3 is 2.68 bits per heavy atom. The molecule has 0 radical (unpaired) electrons. The first-order valence-electron chi connectivity index (χ1n) is 7.98. The van der Waals surface area contributed by atoms with Crippen molar-refractivity contribution in [3.8, 4) is 0 Å². The summed E-state index contributed by atoms with van der Waals surface area (Å²) in [5.74, 6) is 1.80. The standard InChI is InChI=1S/C18H29N/c1-4-11-19-18(17-10-9-14(2)12-17)13-16-8-6-5-7-15(16)3/h5-8,14,17-19H,4,9-13H2,1-3H3. The lowest BCUT2D eigenvalue weighted by Crippen LogP contribution is -2.37. The Hall–Kier alpha value is -0.820. The first-order valence-corrected chi connectivity index (χ1v) is 7.98. The summed E-state index contributed by atoms with van der Waals surface area (Å²) < 4.78 is 0. The normalized spacial score (nSPS) is 24.6. The molecule has 0 aromatic heterocycles. The van der Waals surface area contributed by atoms with Gasteiger partial charge in [0.05, 0.1) is 0 Å². The van der Waals surface area contributed by atoms with Gasteiger partial charge >= 0.3 is 0 Å². The van der Waals surface area contributed by atoms with Crippen molar-refractivity contribution in [2.75, 3.05) is 6.54 Å². The predicted molar refractivity (Wildman–Crippen MR) is 83.5 cm³/mol. The van der Waals surface area contributed by atoms with E-state index in [4.69, 9.17) is 0 Å². The highest BCUT2D eigenvalue weighted by molar-refractivity contribution is 5.26. The van der Waals surface area contributed by atoms with Gasteiger partial charge < -0.3 is 5.32 Å². The van der Waals surface area contributed by atoms with Gasteiger partial charge in [-0.1, -0.05) is 44.5 Å². The fourth-order valence-electron chi connectivity index (χ4n) is 3.43. The molecule has 1 aliphatic carbocycles. The first-order chi connectivity index (χ1) is 9.20. The van der Waals surface area contributed by atoms with Crippen LogP contribution in [0.25, 0.3) is 0 Å². The van der Waals surface area contributed by atoms with Gasteiger partial charge in [-0.2, -0.15) is 0 Å². The van der Waals surface area contributed by atoms with Gasteiger partial charge in [0.15, 0.2) is 0 Å². The van der Waals surface area contributed by atoms with E-state index in [1.807, 2.05) is 0 Å². The van der Waals surface area contributed by atoms with E-state index in [0.29, 0.717) is 6.04 Å². The fraction of sp³-hybridized carbons (Fsp3) is 0.667. The summed E-state index contributed by atoms with van der Waals surface area (Å²) in [6, 6.07) is 9.53. The van der Waals surface area contributed by atoms with Crippen LogP contribution in [0.2, 0.25) is 0 Å². The molecule has 0 saturated heterocycles. The largest absolute Gasteiger partial charge is 0.313 e. The molecule has 1 aromatic carbocycles. The first kappa shape index (κ1) is 14.6. The highest BCUT2D eigenvalue weighted by Crippen LogP contribution is 2.34. The molecule has 1 saturated carbocycles. The summed E-state index contributed by atoms with van der Waals surface area (Å²) >= 11 is 0. The average molecular weight is 259 g/mol. The summed E-state index contributed by atoms with van der Waals surface area (Å²) in [5.41, 5.74) is 2.97. The lowest BCUT2D eigenvalue weighted by molar-refractivity contribution is 0.348. The Bertz CT molecular complexity index is 385. The molecular formula is C18H29N. The highest BCUT2D eigenvalue weighted by Gasteiger charge is 2.28. The van der Waals surface area contributed by atoms with Gasteiger partial charge in [0.25, 0.3) is 0 Å². The zero-order chi connectivity index (χ0) is 13.7. The third kappa shape index (κ3) is 4.07. The van der Waals surface area contributed by atoms with Crippen LogP contribution in [-0.4, -0.2) is 12.6 Å². The molecule has 0 aliphatic heterocycles. The number of benzene rings is 1. The molecule has 0 bridgehead atoms. The summed E-state index contributed by atoms with van der Waals surface area (Å²) in [4.78, 5) is 0. The van der Waals surface area contributed by atoms with Crippen LogP contribution in [0.1, 0.15) is 50.7 Å². The molecule has 1 aliphatic rings. The van der Waals surface area contributed by atoms with Gasteiger partial charge in [0, 0.05) is 6.04 Å². The lowest BCUT2D eigenvalue weighted by atomic mass is 9.90. The lowest BCUT2D eigenvalue weighted by Gasteiger charge is -2.26. The molecule has 3 atom stereocenters. The highest BCUT2D eigenvalue weighted by atomic mass is 14.9. The van der Waals surface area contributed by atoms with E-state index in [9.17, 15) is 0 Å². The molecule has 2 rings (SSSR count). The summed E-state index contributed by atoms with van der Waals surface area (Å²) in [6.45, 7) is 8.06. The van der Waals surface area contributed by atoms with Crippen molar-refractivity contribution in [2.45, 2.75) is 58.9 Å². The van der Waals surface area contributed by atoms with Crippen molar-refractivity contribution in [1.82, 2.24) is 5.32 Å². The van der Waals surface area contributed by atoms with Gasteiger partial charge in [-0.25, -0.2) is 0 Å². The smallest absolute Gasteiger partial charge is 0.0136 e. The SMILES string of the molecule is CCCNC(Cc1ccccc1C)C1CCC(C)C1. The van der Waals surface area contributed by atoms with Crippen molar-refractivity contribution < 1.29 is 0 Å². The Labute approximate surface area is 118 Å². The maximum atomic E-state index is 3.81. The number of nitrogens with one attached hydrogen (secondary N) is 1. The van der Waals surface area contributed by atoms with Crippen molar-refractivity contribution in [3.05, 3.63) is 35.4 Å². The van der Waals surface area contributed by atoms with Crippen LogP contribution < -0.4 is 5.32 Å². The van der Waals surface area contributed by atoms with E-state index in [0.717, 1.165) is 18.4 Å². The minimum atomic E-state index is 0.672. The van der Waals surface area contributed by atoms with Crippen LogP contribution in [0.15, 0.2) is 24.3 Å². The van der Waals surface area contributed by atoms with Gasteiger partial charge in [-0.3, -0.25) is 0 Å². The summed E-state index contributed by atoms with van der Waals surface area (Å²) in [7, 11) is 0. The van der Waals surface area contributed by atoms with Gasteiger partial charge in [-0.05, 0) is 62.1 Å². The second-order valence-corrected chi connectivity index (χ2v) is 6.37. The van der Waals surface area contributed by atoms with Crippen molar-refractivity contribution in [3.63, 3.8) is 0 Å². The topological polar surface area (TPSA) is 12.0 Å². The Morgan fingerprint density at radius 2 is 2.05 bits per heavy atom. The quantitative estimate of drug-likeness (QED) is 0.801. The van der Waals surface area contributed by atoms with E-state index < -0.39 is 0 Å². The third-order valence-electron chi connectivity index (χ3n) is 4.66. The average Bonchev–Trinajstić information content (AvgIpc) is 2.83. The molecule has 1 heteroatoms. The summed E-state index contributed by atoms with van der Waals surface area (Å²) in [6.07, 6.45) is 6.67. The van der Waals surface area contributed by atoms with Gasteiger partial charge in [0.1, 0.15) is 0 Å². The second-order valence-electron chi connectivity index (χ2n) is 6.37. The molecule has 1 aromatic rings. The zero-order valence-corrected chi connectivity index (χ0v) is 12.8. The predicted octanol–water partition coefficient (Wildman–Crippen LogP) is 4.34. The van der Waals surface area contributed by atoms with Crippen molar-refractivity contribution in [2.24, 2.45) is 11.8 Å². The molecule has 0 amide bonds. The van der Waals surface area contributed by atoms with Crippen molar-refractivity contribution in [1.29, 1.82) is 0 Å². The number of rotatable bonds is 6. The summed E-state index contributed by atoms with van der Waals surface area (Å²) in [5, 5.41) is 3.81. The molecule has 3 unspecified atom stereocenters. The van der Waals surface area contributed by atoms with E-state index in [2.05, 4.69) is 50.4 Å². The van der Waals surface area contributed by atoms with E-state index in [1.54, 1.807) is 0 Å². The van der Waals surface area contributed by atoms with Gasteiger partial charge in [-0.15, -0.1) is 0 Å². The molecule has 19 heavy (non-hydrogen) atoms. The number of hydrogen-bond acceptors (Lipinski definition) is 1. The van der Waals surface area contributed by atoms with Crippen LogP contribution in [-0.2, 0) is 6.42 Å². The molecule has 106 valence electrons. The van der Waals surface area contributed by atoms with Crippen LogP contribution in [0, 0.1) is 18.8 Å². The van der Waals surface area contributed by atoms with Crippen LogP contribution in [0.5, 0.6) is 0 Å². The number of aryl methyl sites for hydroxylation is 1. The maximum absolute atomic E-state index is 3.81. The molecule has 1 nitrogen and oxygen atoms in total. The minimum absolute atomic E-state index is 0.672. The molecule has 1 N–H and O–H groups in total. The Morgan fingerprint density at radius 1 is 1.26 bits per heavy atom. The Balaban J connectivity index is 2.03. The zero-order valence-electron chi connectivity index (χ0n) is 12.8. The Kier molecular flexibility index (Phi) is 5.45. The van der Waals surface area contributed by atoms with Crippen molar-refractivity contribution >= 4 is 0 Å². The minimum Gasteiger partial charge on any atom is -0.313 e. The monoisotopic (exact) mass is 259 g/mol. The third-order valence-corrected chi connectivity index (χ3v) is 4.66.